The van der Waals surface area contributed by atoms with E-state index in [1.807, 2.05) is 47.0 Å². The number of nitrogens with zero attached hydrogens (tertiary/aromatic N) is 1. The molecule has 0 atom stereocenters. The van der Waals surface area contributed by atoms with Crippen molar-refractivity contribution in [2.24, 2.45) is 0 Å². The van der Waals surface area contributed by atoms with Gasteiger partial charge in [0.1, 0.15) is 5.69 Å². The van der Waals surface area contributed by atoms with Crippen LogP contribution in [-0.4, -0.2) is 10.5 Å². The van der Waals surface area contributed by atoms with Gasteiger partial charge >= 0.3 is 0 Å². The first-order chi connectivity index (χ1) is 13.1. The first kappa shape index (κ1) is 17.2. The number of fused-ring (bicyclic) bond motifs is 1. The van der Waals surface area contributed by atoms with Crippen LogP contribution < -0.4 is 5.32 Å². The lowest BCUT2D eigenvalue weighted by atomic mass is 10.1. The van der Waals surface area contributed by atoms with Gasteiger partial charge in [0.25, 0.3) is 5.91 Å². The highest BCUT2D eigenvalue weighted by atomic mass is 16.3. The summed E-state index contributed by atoms with van der Waals surface area (Å²) >= 11 is 0. The molecule has 2 aromatic heterocycles. The summed E-state index contributed by atoms with van der Waals surface area (Å²) in [4.78, 5) is 12.9. The number of rotatable bonds is 5. The van der Waals surface area contributed by atoms with E-state index in [1.54, 1.807) is 6.26 Å². The molecular formula is C23H22N2O2. The molecule has 0 fully saturated rings. The summed E-state index contributed by atoms with van der Waals surface area (Å²) < 4.78 is 7.56. The number of hydrogen-bond donors (Lipinski definition) is 1. The topological polar surface area (TPSA) is 47.2 Å². The molecule has 136 valence electrons. The molecule has 0 unspecified atom stereocenters. The highest BCUT2D eigenvalue weighted by Crippen LogP contribution is 2.23. The van der Waals surface area contributed by atoms with E-state index in [-0.39, 0.29) is 5.91 Å². The second-order valence-corrected chi connectivity index (χ2v) is 6.82. The third kappa shape index (κ3) is 3.38. The van der Waals surface area contributed by atoms with E-state index in [9.17, 15) is 4.79 Å². The van der Waals surface area contributed by atoms with Crippen molar-refractivity contribution in [2.45, 2.75) is 26.9 Å². The fraction of sp³-hybridized carbons (Fsp3) is 0.174. The van der Waals surface area contributed by atoms with Crippen molar-refractivity contribution < 1.29 is 9.21 Å². The normalized spacial score (nSPS) is 11.0. The second-order valence-electron chi connectivity index (χ2n) is 6.82. The maximum Gasteiger partial charge on any atom is 0.268 e. The molecule has 4 nitrogen and oxygen atoms in total. The fourth-order valence-electron chi connectivity index (χ4n) is 3.37. The molecule has 0 radical (unpaired) electrons. The predicted octanol–water partition coefficient (Wildman–Crippen LogP) is 4.83. The molecule has 0 bridgehead atoms. The van der Waals surface area contributed by atoms with Crippen LogP contribution in [0.3, 0.4) is 0 Å². The molecule has 0 saturated heterocycles. The molecule has 2 heterocycles. The molecule has 1 amide bonds. The zero-order valence-corrected chi connectivity index (χ0v) is 15.5. The molecule has 27 heavy (non-hydrogen) atoms. The average molecular weight is 358 g/mol. The summed E-state index contributed by atoms with van der Waals surface area (Å²) in [5, 5.41) is 3.05. The first-order valence-electron chi connectivity index (χ1n) is 9.07. The van der Waals surface area contributed by atoms with Gasteiger partial charge in [0, 0.05) is 25.2 Å². The van der Waals surface area contributed by atoms with E-state index in [2.05, 4.69) is 37.4 Å². The third-order valence-corrected chi connectivity index (χ3v) is 5.05. The highest BCUT2D eigenvalue weighted by Gasteiger charge is 2.18. The van der Waals surface area contributed by atoms with Crippen LogP contribution in [0, 0.1) is 13.8 Å². The van der Waals surface area contributed by atoms with Gasteiger partial charge in [-0.2, -0.15) is 0 Å². The number of hydrogen-bond acceptors (Lipinski definition) is 2. The number of carbonyl (C=O) groups excluding carboxylic acids is 1. The highest BCUT2D eigenvalue weighted by molar-refractivity contribution is 5.97. The SMILES string of the molecule is Cc1ccccc1CNC(=O)c1cc2occc2n1Cc1ccccc1C. The zero-order valence-electron chi connectivity index (χ0n) is 15.5. The maximum absolute atomic E-state index is 12.9. The number of aryl methyl sites for hydroxylation is 2. The average Bonchev–Trinajstić information content (AvgIpc) is 3.25. The van der Waals surface area contributed by atoms with Crippen LogP contribution in [0.5, 0.6) is 0 Å². The van der Waals surface area contributed by atoms with Gasteiger partial charge < -0.3 is 14.3 Å². The van der Waals surface area contributed by atoms with Crippen LogP contribution in [-0.2, 0) is 13.1 Å². The fourth-order valence-corrected chi connectivity index (χ4v) is 3.37. The maximum atomic E-state index is 12.9. The van der Waals surface area contributed by atoms with Crippen LogP contribution >= 0.6 is 0 Å². The molecule has 0 aliphatic rings. The molecule has 0 aliphatic carbocycles. The Balaban J connectivity index is 1.63. The molecule has 0 spiro atoms. The van der Waals surface area contributed by atoms with Crippen LogP contribution in [0.15, 0.2) is 71.3 Å². The Labute approximate surface area is 158 Å². The van der Waals surface area contributed by atoms with Gasteiger partial charge in [0.15, 0.2) is 5.58 Å². The smallest absolute Gasteiger partial charge is 0.268 e. The van der Waals surface area contributed by atoms with Gasteiger partial charge in [0.2, 0.25) is 0 Å². The lowest BCUT2D eigenvalue weighted by Gasteiger charge is -2.13. The number of nitrogens with one attached hydrogen (secondary N) is 1. The van der Waals surface area contributed by atoms with E-state index in [4.69, 9.17) is 4.42 Å². The van der Waals surface area contributed by atoms with Crippen LogP contribution in [0.4, 0.5) is 0 Å². The van der Waals surface area contributed by atoms with Gasteiger partial charge in [-0.1, -0.05) is 48.5 Å². The van der Waals surface area contributed by atoms with Gasteiger partial charge in [-0.25, -0.2) is 0 Å². The Morgan fingerprint density at radius 2 is 1.63 bits per heavy atom. The number of aromatic nitrogens is 1. The van der Waals surface area contributed by atoms with Gasteiger partial charge in [-0.15, -0.1) is 0 Å². The van der Waals surface area contributed by atoms with E-state index in [0.29, 0.717) is 18.8 Å². The minimum absolute atomic E-state index is 0.0989. The van der Waals surface area contributed by atoms with Gasteiger partial charge in [-0.3, -0.25) is 4.79 Å². The Morgan fingerprint density at radius 3 is 2.33 bits per heavy atom. The van der Waals surface area contributed by atoms with E-state index >= 15 is 0 Å². The Bertz CT molecular complexity index is 1100. The number of furan rings is 1. The summed E-state index contributed by atoms with van der Waals surface area (Å²) in [6, 6.07) is 20.0. The van der Waals surface area contributed by atoms with Crippen molar-refractivity contribution in [3.05, 3.63) is 94.9 Å². The molecule has 1 N–H and O–H groups in total. The number of benzene rings is 2. The van der Waals surface area contributed by atoms with Crippen LogP contribution in [0.25, 0.3) is 11.1 Å². The van der Waals surface area contributed by atoms with Crippen LogP contribution in [0.2, 0.25) is 0 Å². The van der Waals surface area contributed by atoms with Crippen molar-refractivity contribution >= 4 is 17.0 Å². The molecular weight excluding hydrogens is 336 g/mol. The van der Waals surface area contributed by atoms with E-state index < -0.39 is 0 Å². The van der Waals surface area contributed by atoms with Crippen molar-refractivity contribution in [3.63, 3.8) is 0 Å². The summed E-state index contributed by atoms with van der Waals surface area (Å²) in [7, 11) is 0. The molecule has 2 aromatic carbocycles. The van der Waals surface area contributed by atoms with Gasteiger partial charge in [0.05, 0.1) is 11.8 Å². The summed E-state index contributed by atoms with van der Waals surface area (Å²) in [6.07, 6.45) is 1.66. The lowest BCUT2D eigenvalue weighted by Crippen LogP contribution is -2.26. The molecule has 0 aliphatic heterocycles. The Hall–Kier alpha value is -3.27. The molecule has 4 heteroatoms. The number of carbonyl (C=O) groups is 1. The number of amides is 1. The largest absolute Gasteiger partial charge is 0.463 e. The summed E-state index contributed by atoms with van der Waals surface area (Å²) in [5.74, 6) is -0.0989. The Morgan fingerprint density at radius 1 is 0.963 bits per heavy atom. The van der Waals surface area contributed by atoms with E-state index in [0.717, 1.165) is 16.7 Å². The standard InChI is InChI=1S/C23H22N2O2/c1-16-7-3-5-9-18(16)14-24-23(26)21-13-22-20(11-12-27-22)25(21)15-19-10-6-4-8-17(19)2/h3-13H,14-15H2,1-2H3,(H,24,26). The van der Waals surface area contributed by atoms with E-state index in [1.165, 1.54) is 16.7 Å². The minimum atomic E-state index is -0.0989. The van der Waals surface area contributed by atoms with Crippen molar-refractivity contribution in [3.8, 4) is 0 Å². The predicted molar refractivity (Wildman–Crippen MR) is 107 cm³/mol. The first-order valence-corrected chi connectivity index (χ1v) is 9.07. The van der Waals surface area contributed by atoms with Crippen LogP contribution in [0.1, 0.15) is 32.7 Å². The third-order valence-electron chi connectivity index (χ3n) is 5.05. The summed E-state index contributed by atoms with van der Waals surface area (Å²) in [5.41, 5.74) is 6.94. The van der Waals surface area contributed by atoms with Crippen molar-refractivity contribution in [1.29, 1.82) is 0 Å². The van der Waals surface area contributed by atoms with Crippen molar-refractivity contribution in [2.75, 3.05) is 0 Å². The monoisotopic (exact) mass is 358 g/mol. The van der Waals surface area contributed by atoms with Gasteiger partial charge in [-0.05, 0) is 36.1 Å². The zero-order chi connectivity index (χ0) is 18.8. The summed E-state index contributed by atoms with van der Waals surface area (Å²) in [6.45, 7) is 5.27. The second kappa shape index (κ2) is 7.16. The molecule has 0 saturated carbocycles. The minimum Gasteiger partial charge on any atom is -0.463 e. The molecule has 4 aromatic rings. The van der Waals surface area contributed by atoms with Crippen molar-refractivity contribution in [1.82, 2.24) is 9.88 Å². The quantitative estimate of drug-likeness (QED) is 0.555. The molecule has 4 rings (SSSR count). The lowest BCUT2D eigenvalue weighted by molar-refractivity contribution is 0.0942. The Kier molecular flexibility index (Phi) is 4.55.